The smallest absolute Gasteiger partial charge is 0.316 e. The van der Waals surface area contributed by atoms with Crippen molar-refractivity contribution in [1.82, 2.24) is 0 Å². The van der Waals surface area contributed by atoms with Crippen LogP contribution in [0.1, 0.15) is 41.0 Å². The van der Waals surface area contributed by atoms with E-state index in [9.17, 15) is 14.4 Å². The van der Waals surface area contributed by atoms with Gasteiger partial charge in [0.05, 0.1) is 6.61 Å². The molecule has 0 aromatic rings. The number of hydrogen-bond acceptors (Lipinski definition) is 5. The zero-order valence-electron chi connectivity index (χ0n) is 11.0. The van der Waals surface area contributed by atoms with Crippen LogP contribution in [0.2, 0.25) is 0 Å². The normalized spacial score (nSPS) is 12.8. The number of Topliss-reactive ketones (excluding diaryl/α,β-unsaturated/α-hetero) is 1. The number of ketones is 1. The van der Waals surface area contributed by atoms with Gasteiger partial charge in [-0.25, -0.2) is 0 Å². The summed E-state index contributed by atoms with van der Waals surface area (Å²) in [5.41, 5.74) is -0.643. The summed E-state index contributed by atoms with van der Waals surface area (Å²) in [4.78, 5) is 34.2. The average molecular weight is 244 g/mol. The van der Waals surface area contributed by atoms with Gasteiger partial charge in [0.2, 0.25) is 0 Å². The molecule has 0 saturated heterocycles. The summed E-state index contributed by atoms with van der Waals surface area (Å²) in [5, 5.41) is 0. The van der Waals surface area contributed by atoms with Crippen molar-refractivity contribution in [2.75, 3.05) is 6.61 Å². The standard InChI is InChI=1S/C12H20O5/c1-6-16-10(14)7-9(13)8(2)11(15)17-12(3,4)5/h8H,6-7H2,1-5H3/t8-/m1/s1. The Bertz CT molecular complexity index is 301. The Morgan fingerprint density at radius 1 is 1.18 bits per heavy atom. The van der Waals surface area contributed by atoms with E-state index in [-0.39, 0.29) is 6.61 Å². The van der Waals surface area contributed by atoms with Crippen molar-refractivity contribution in [2.45, 2.75) is 46.6 Å². The molecule has 0 aromatic carbocycles. The van der Waals surface area contributed by atoms with Gasteiger partial charge in [-0.2, -0.15) is 0 Å². The van der Waals surface area contributed by atoms with Crippen LogP contribution in [0.3, 0.4) is 0 Å². The number of carbonyl (C=O) groups is 3. The van der Waals surface area contributed by atoms with Crippen LogP contribution in [0.4, 0.5) is 0 Å². The fourth-order valence-electron chi connectivity index (χ4n) is 1.03. The lowest BCUT2D eigenvalue weighted by Gasteiger charge is -2.21. The Balaban J connectivity index is 4.31. The van der Waals surface area contributed by atoms with Gasteiger partial charge in [0.25, 0.3) is 0 Å². The van der Waals surface area contributed by atoms with Gasteiger partial charge in [-0.3, -0.25) is 14.4 Å². The third-order valence-electron chi connectivity index (χ3n) is 1.87. The van der Waals surface area contributed by atoms with Crippen molar-refractivity contribution in [3.63, 3.8) is 0 Å². The minimum atomic E-state index is -0.946. The van der Waals surface area contributed by atoms with Crippen LogP contribution in [0.25, 0.3) is 0 Å². The van der Waals surface area contributed by atoms with Crippen LogP contribution in [0, 0.1) is 5.92 Å². The Morgan fingerprint density at radius 2 is 1.71 bits per heavy atom. The summed E-state index contributed by atoms with van der Waals surface area (Å²) in [6.07, 6.45) is -0.395. The van der Waals surface area contributed by atoms with E-state index >= 15 is 0 Å². The number of ether oxygens (including phenoxy) is 2. The first kappa shape index (κ1) is 15.6. The lowest BCUT2D eigenvalue weighted by molar-refractivity contribution is -0.161. The summed E-state index contributed by atoms with van der Waals surface area (Å²) < 4.78 is 9.68. The van der Waals surface area contributed by atoms with E-state index in [1.165, 1.54) is 6.92 Å². The largest absolute Gasteiger partial charge is 0.466 e. The molecule has 0 N–H and O–H groups in total. The molecule has 0 spiro atoms. The first-order valence-electron chi connectivity index (χ1n) is 5.58. The van der Waals surface area contributed by atoms with Crippen LogP contribution in [0.5, 0.6) is 0 Å². The number of rotatable bonds is 5. The highest BCUT2D eigenvalue weighted by Crippen LogP contribution is 2.12. The van der Waals surface area contributed by atoms with Crippen LogP contribution >= 0.6 is 0 Å². The minimum Gasteiger partial charge on any atom is -0.466 e. The summed E-state index contributed by atoms with van der Waals surface area (Å²) in [5.74, 6) is -2.67. The van der Waals surface area contributed by atoms with Crippen molar-refractivity contribution in [1.29, 1.82) is 0 Å². The fraction of sp³-hybridized carbons (Fsp3) is 0.750. The molecule has 0 bridgehead atoms. The molecule has 17 heavy (non-hydrogen) atoms. The fourth-order valence-corrected chi connectivity index (χ4v) is 1.03. The van der Waals surface area contributed by atoms with Gasteiger partial charge < -0.3 is 9.47 Å². The first-order valence-corrected chi connectivity index (χ1v) is 5.58. The molecular formula is C12H20O5. The van der Waals surface area contributed by atoms with Gasteiger partial charge in [0, 0.05) is 0 Å². The molecule has 0 heterocycles. The molecule has 0 saturated carbocycles. The van der Waals surface area contributed by atoms with Gasteiger partial charge in [-0.05, 0) is 34.6 Å². The Hall–Kier alpha value is -1.39. The van der Waals surface area contributed by atoms with Crippen molar-refractivity contribution < 1.29 is 23.9 Å². The van der Waals surface area contributed by atoms with Crippen LogP contribution < -0.4 is 0 Å². The molecule has 0 fully saturated rings. The summed E-state index contributed by atoms with van der Waals surface area (Å²) in [6, 6.07) is 0. The minimum absolute atomic E-state index is 0.215. The van der Waals surface area contributed by atoms with Gasteiger partial charge in [0.1, 0.15) is 17.9 Å². The van der Waals surface area contributed by atoms with E-state index < -0.39 is 35.7 Å². The average Bonchev–Trinajstić information content (AvgIpc) is 2.13. The van der Waals surface area contributed by atoms with E-state index in [4.69, 9.17) is 4.74 Å². The Kier molecular flexibility index (Phi) is 5.85. The third kappa shape index (κ3) is 6.71. The number of hydrogen-bond donors (Lipinski definition) is 0. The van der Waals surface area contributed by atoms with E-state index in [2.05, 4.69) is 4.74 Å². The molecular weight excluding hydrogens is 224 g/mol. The summed E-state index contributed by atoms with van der Waals surface area (Å²) >= 11 is 0. The molecule has 0 aliphatic carbocycles. The highest BCUT2D eigenvalue weighted by Gasteiger charge is 2.28. The highest BCUT2D eigenvalue weighted by atomic mass is 16.6. The molecule has 0 unspecified atom stereocenters. The van der Waals surface area contributed by atoms with Gasteiger partial charge in [-0.1, -0.05) is 0 Å². The van der Waals surface area contributed by atoms with Gasteiger partial charge >= 0.3 is 11.9 Å². The molecule has 0 amide bonds. The van der Waals surface area contributed by atoms with Crippen molar-refractivity contribution in [3.8, 4) is 0 Å². The first-order chi connectivity index (χ1) is 7.67. The predicted molar refractivity (Wildman–Crippen MR) is 61.3 cm³/mol. The van der Waals surface area contributed by atoms with E-state index in [0.29, 0.717) is 0 Å². The van der Waals surface area contributed by atoms with E-state index in [0.717, 1.165) is 0 Å². The van der Waals surface area contributed by atoms with Crippen LogP contribution in [-0.4, -0.2) is 29.9 Å². The van der Waals surface area contributed by atoms with Crippen LogP contribution in [-0.2, 0) is 23.9 Å². The van der Waals surface area contributed by atoms with Crippen molar-refractivity contribution in [2.24, 2.45) is 5.92 Å². The molecule has 0 aliphatic rings. The second-order valence-corrected chi connectivity index (χ2v) is 4.70. The highest BCUT2D eigenvalue weighted by molar-refractivity contribution is 6.05. The maximum atomic E-state index is 11.6. The zero-order chi connectivity index (χ0) is 13.6. The molecule has 5 nitrogen and oxygen atoms in total. The van der Waals surface area contributed by atoms with Crippen molar-refractivity contribution >= 4 is 17.7 Å². The monoisotopic (exact) mass is 244 g/mol. The molecule has 0 rings (SSSR count). The van der Waals surface area contributed by atoms with Crippen LogP contribution in [0.15, 0.2) is 0 Å². The van der Waals surface area contributed by atoms with Gasteiger partial charge in [-0.15, -0.1) is 0 Å². The Morgan fingerprint density at radius 3 is 2.12 bits per heavy atom. The van der Waals surface area contributed by atoms with E-state index in [1.54, 1.807) is 27.7 Å². The molecule has 0 aromatic heterocycles. The molecule has 1 atom stereocenters. The number of carbonyl (C=O) groups excluding carboxylic acids is 3. The molecule has 0 radical (unpaired) electrons. The SMILES string of the molecule is CCOC(=O)CC(=O)[C@@H](C)C(=O)OC(C)(C)C. The second kappa shape index (κ2) is 6.37. The Labute approximate surface area is 101 Å². The molecule has 0 aliphatic heterocycles. The lowest BCUT2D eigenvalue weighted by Crippen LogP contribution is -2.32. The second-order valence-electron chi connectivity index (χ2n) is 4.70. The van der Waals surface area contributed by atoms with E-state index in [1.807, 2.05) is 0 Å². The summed E-state index contributed by atoms with van der Waals surface area (Å²) in [6.45, 7) is 8.44. The van der Waals surface area contributed by atoms with Crippen molar-refractivity contribution in [3.05, 3.63) is 0 Å². The predicted octanol–water partition coefficient (Wildman–Crippen LogP) is 1.49. The zero-order valence-corrected chi connectivity index (χ0v) is 11.0. The summed E-state index contributed by atoms with van der Waals surface area (Å²) in [7, 11) is 0. The lowest BCUT2D eigenvalue weighted by atomic mass is 10.0. The number of esters is 2. The quantitative estimate of drug-likeness (QED) is 0.541. The van der Waals surface area contributed by atoms with Gasteiger partial charge in [0.15, 0.2) is 5.78 Å². The third-order valence-corrected chi connectivity index (χ3v) is 1.87. The molecule has 5 heteroatoms. The maximum Gasteiger partial charge on any atom is 0.316 e. The maximum absolute atomic E-state index is 11.6. The molecule has 98 valence electrons. The topological polar surface area (TPSA) is 69.7 Å².